The van der Waals surface area contributed by atoms with E-state index in [4.69, 9.17) is 10.2 Å². The Balaban J connectivity index is 2.55. The molecule has 0 spiro atoms. The third-order valence-corrected chi connectivity index (χ3v) is 3.24. The highest BCUT2D eigenvalue weighted by molar-refractivity contribution is 7.11. The average Bonchev–Trinajstić information content (AvgIpc) is 2.75. The molecule has 0 unspecified atom stereocenters. The maximum absolute atomic E-state index is 10.7. The summed E-state index contributed by atoms with van der Waals surface area (Å²) in [5.41, 5.74) is 0.761. The Labute approximate surface area is 105 Å². The molecule has 6 heteroatoms. The van der Waals surface area contributed by atoms with Crippen LogP contribution in [0.15, 0.2) is 5.38 Å². The van der Waals surface area contributed by atoms with Gasteiger partial charge < -0.3 is 10.2 Å². The maximum atomic E-state index is 10.7. The van der Waals surface area contributed by atoms with Crippen molar-refractivity contribution in [3.8, 4) is 0 Å². The number of aliphatic hydroxyl groups is 1. The quantitative estimate of drug-likeness (QED) is 0.738. The van der Waals surface area contributed by atoms with Crippen molar-refractivity contribution in [3.63, 3.8) is 0 Å². The minimum Gasteiger partial charge on any atom is -0.476 e. The molecule has 0 atom stereocenters. The summed E-state index contributed by atoms with van der Waals surface area (Å²) >= 11 is 1.14. The Kier molecular flexibility index (Phi) is 6.10. The Bertz CT molecular complexity index is 354. The number of hydrogen-bond donors (Lipinski definition) is 2. The zero-order valence-electron chi connectivity index (χ0n) is 9.93. The predicted octanol–water partition coefficient (Wildman–Crippen LogP) is 1.44. The molecule has 1 rings (SSSR count). The summed E-state index contributed by atoms with van der Waals surface area (Å²) < 4.78 is 0. The monoisotopic (exact) mass is 258 g/mol. The molecule has 0 radical (unpaired) electrons. The Hall–Kier alpha value is -0.980. The van der Waals surface area contributed by atoms with Crippen LogP contribution in [0.2, 0.25) is 0 Å². The van der Waals surface area contributed by atoms with Crippen molar-refractivity contribution in [1.82, 2.24) is 9.88 Å². The minimum atomic E-state index is -0.983. The number of carboxylic acids is 1. The van der Waals surface area contributed by atoms with E-state index in [1.54, 1.807) is 5.38 Å². The number of rotatable bonds is 8. The molecule has 0 fully saturated rings. The standard InChI is InChI=1S/C11H18N2O3S/c1-2-3-4-13(5-6-14)7-9-8-17-10(12-9)11(15)16/h8,14H,2-7H2,1H3,(H,15,16). The van der Waals surface area contributed by atoms with Gasteiger partial charge in [-0.05, 0) is 13.0 Å². The van der Waals surface area contributed by atoms with Crippen LogP contribution in [-0.4, -0.2) is 45.8 Å². The summed E-state index contributed by atoms with van der Waals surface area (Å²) in [6.07, 6.45) is 2.16. The van der Waals surface area contributed by atoms with Gasteiger partial charge in [-0.3, -0.25) is 4.90 Å². The highest BCUT2D eigenvalue weighted by Crippen LogP contribution is 2.12. The summed E-state index contributed by atoms with van der Waals surface area (Å²) in [5, 5.41) is 19.6. The van der Waals surface area contributed by atoms with Gasteiger partial charge in [0.1, 0.15) is 0 Å². The van der Waals surface area contributed by atoms with Crippen LogP contribution in [-0.2, 0) is 6.54 Å². The largest absolute Gasteiger partial charge is 0.476 e. The van der Waals surface area contributed by atoms with Crippen molar-refractivity contribution in [2.45, 2.75) is 26.3 Å². The summed E-state index contributed by atoms with van der Waals surface area (Å²) in [6.45, 7) is 4.32. The van der Waals surface area contributed by atoms with Crippen molar-refractivity contribution >= 4 is 17.3 Å². The highest BCUT2D eigenvalue weighted by Gasteiger charge is 2.11. The Morgan fingerprint density at radius 2 is 2.29 bits per heavy atom. The molecule has 0 amide bonds. The highest BCUT2D eigenvalue weighted by atomic mass is 32.1. The van der Waals surface area contributed by atoms with E-state index in [0.29, 0.717) is 13.1 Å². The fraction of sp³-hybridized carbons (Fsp3) is 0.636. The fourth-order valence-electron chi connectivity index (χ4n) is 1.50. The van der Waals surface area contributed by atoms with Gasteiger partial charge in [-0.1, -0.05) is 13.3 Å². The number of aromatic nitrogens is 1. The molecule has 2 N–H and O–H groups in total. The van der Waals surface area contributed by atoms with E-state index < -0.39 is 5.97 Å². The van der Waals surface area contributed by atoms with Crippen LogP contribution in [0, 0.1) is 0 Å². The molecule has 1 aromatic heterocycles. The lowest BCUT2D eigenvalue weighted by Crippen LogP contribution is -2.27. The van der Waals surface area contributed by atoms with Gasteiger partial charge in [0.2, 0.25) is 5.01 Å². The van der Waals surface area contributed by atoms with E-state index in [1.807, 2.05) is 0 Å². The van der Waals surface area contributed by atoms with Gasteiger partial charge in [0.05, 0.1) is 12.3 Å². The first-order valence-corrected chi connectivity index (χ1v) is 6.56. The number of hydrogen-bond acceptors (Lipinski definition) is 5. The van der Waals surface area contributed by atoms with E-state index in [1.165, 1.54) is 0 Å². The molecule has 96 valence electrons. The molecule has 17 heavy (non-hydrogen) atoms. The maximum Gasteiger partial charge on any atom is 0.365 e. The first kappa shape index (κ1) is 14.1. The number of carbonyl (C=O) groups is 1. The summed E-state index contributed by atoms with van der Waals surface area (Å²) in [7, 11) is 0. The molecule has 0 aromatic carbocycles. The number of aromatic carboxylic acids is 1. The molecular weight excluding hydrogens is 240 g/mol. The van der Waals surface area contributed by atoms with Crippen molar-refractivity contribution < 1.29 is 15.0 Å². The lowest BCUT2D eigenvalue weighted by atomic mass is 10.3. The van der Waals surface area contributed by atoms with Crippen molar-refractivity contribution in [2.24, 2.45) is 0 Å². The van der Waals surface area contributed by atoms with Crippen LogP contribution in [0.25, 0.3) is 0 Å². The lowest BCUT2D eigenvalue weighted by Gasteiger charge is -2.19. The van der Waals surface area contributed by atoms with Crippen LogP contribution in [0.1, 0.15) is 35.3 Å². The average molecular weight is 258 g/mol. The van der Waals surface area contributed by atoms with Crippen LogP contribution in [0.4, 0.5) is 0 Å². The molecule has 0 aliphatic rings. The first-order valence-electron chi connectivity index (χ1n) is 5.68. The molecule has 0 bridgehead atoms. The van der Waals surface area contributed by atoms with Gasteiger partial charge in [0, 0.05) is 18.5 Å². The third-order valence-electron chi connectivity index (χ3n) is 2.36. The smallest absolute Gasteiger partial charge is 0.365 e. The Morgan fingerprint density at radius 3 is 2.82 bits per heavy atom. The van der Waals surface area contributed by atoms with E-state index >= 15 is 0 Å². The van der Waals surface area contributed by atoms with Gasteiger partial charge in [0.25, 0.3) is 0 Å². The number of thiazole rings is 1. The number of carboxylic acid groups (broad SMARTS) is 1. The minimum absolute atomic E-state index is 0.111. The SMILES string of the molecule is CCCCN(CCO)Cc1csc(C(=O)O)n1. The van der Waals surface area contributed by atoms with E-state index in [9.17, 15) is 4.79 Å². The molecule has 0 aliphatic heterocycles. The molecule has 0 saturated heterocycles. The van der Waals surface area contributed by atoms with Crippen LogP contribution in [0.3, 0.4) is 0 Å². The molecule has 0 saturated carbocycles. The van der Waals surface area contributed by atoms with Gasteiger partial charge in [-0.15, -0.1) is 11.3 Å². The van der Waals surface area contributed by atoms with Gasteiger partial charge >= 0.3 is 5.97 Å². The Morgan fingerprint density at radius 1 is 1.53 bits per heavy atom. The summed E-state index contributed by atoms with van der Waals surface area (Å²) in [4.78, 5) is 16.8. The van der Waals surface area contributed by atoms with Crippen LogP contribution < -0.4 is 0 Å². The summed E-state index contributed by atoms with van der Waals surface area (Å²) in [5.74, 6) is -0.983. The van der Waals surface area contributed by atoms with E-state index in [2.05, 4.69) is 16.8 Å². The van der Waals surface area contributed by atoms with Crippen molar-refractivity contribution in [2.75, 3.05) is 19.7 Å². The first-order chi connectivity index (χ1) is 8.17. The second-order valence-electron chi connectivity index (χ2n) is 3.80. The van der Waals surface area contributed by atoms with E-state index in [0.717, 1.165) is 36.4 Å². The normalized spacial score (nSPS) is 11.0. The zero-order valence-corrected chi connectivity index (χ0v) is 10.7. The number of aliphatic hydroxyl groups excluding tert-OH is 1. The predicted molar refractivity (Wildman–Crippen MR) is 66.3 cm³/mol. The molecule has 1 heterocycles. The molecular formula is C11H18N2O3S. The third kappa shape index (κ3) is 4.80. The topological polar surface area (TPSA) is 73.7 Å². The molecule has 1 aromatic rings. The summed E-state index contributed by atoms with van der Waals surface area (Å²) in [6, 6.07) is 0. The van der Waals surface area contributed by atoms with Crippen LogP contribution >= 0.6 is 11.3 Å². The van der Waals surface area contributed by atoms with Crippen molar-refractivity contribution in [3.05, 3.63) is 16.1 Å². The van der Waals surface area contributed by atoms with Gasteiger partial charge in [-0.2, -0.15) is 0 Å². The van der Waals surface area contributed by atoms with E-state index in [-0.39, 0.29) is 11.6 Å². The van der Waals surface area contributed by atoms with Crippen molar-refractivity contribution in [1.29, 1.82) is 0 Å². The molecule has 0 aliphatic carbocycles. The fourth-order valence-corrected chi connectivity index (χ4v) is 2.15. The van der Waals surface area contributed by atoms with Gasteiger partial charge in [-0.25, -0.2) is 9.78 Å². The molecule has 5 nitrogen and oxygen atoms in total. The lowest BCUT2D eigenvalue weighted by molar-refractivity contribution is 0.0696. The number of nitrogens with zero attached hydrogens (tertiary/aromatic N) is 2. The second kappa shape index (κ2) is 7.37. The number of unbranched alkanes of at least 4 members (excludes halogenated alkanes) is 1. The second-order valence-corrected chi connectivity index (χ2v) is 4.66. The van der Waals surface area contributed by atoms with Gasteiger partial charge in [0.15, 0.2) is 0 Å². The van der Waals surface area contributed by atoms with Crippen LogP contribution in [0.5, 0.6) is 0 Å². The zero-order chi connectivity index (χ0) is 12.7.